The van der Waals surface area contributed by atoms with Crippen LogP contribution in [0.4, 0.5) is 4.79 Å². The summed E-state index contributed by atoms with van der Waals surface area (Å²) in [5, 5.41) is 15.2. The van der Waals surface area contributed by atoms with E-state index in [0.717, 1.165) is 40.6 Å². The van der Waals surface area contributed by atoms with Crippen LogP contribution in [0.15, 0.2) is 42.5 Å². The Hall–Kier alpha value is -3.03. The summed E-state index contributed by atoms with van der Waals surface area (Å²) in [5.41, 5.74) is 2.47. The Bertz CT molecular complexity index is 1300. The van der Waals surface area contributed by atoms with E-state index in [-0.39, 0.29) is 17.7 Å². The second-order valence-electron chi connectivity index (χ2n) is 9.49. The summed E-state index contributed by atoms with van der Waals surface area (Å²) in [6.07, 6.45) is 2.69. The summed E-state index contributed by atoms with van der Waals surface area (Å²) in [4.78, 5) is 33.9. The minimum Gasteiger partial charge on any atom is -0.508 e. The Kier molecular flexibility index (Phi) is 4.51. The Balaban J connectivity index is 1.49. The molecule has 170 valence electrons. The number of urea groups is 1. The smallest absolute Gasteiger partial charge is 0.328 e. The van der Waals surface area contributed by atoms with Gasteiger partial charge in [0.05, 0.1) is 0 Å². The van der Waals surface area contributed by atoms with E-state index in [2.05, 4.69) is 10.3 Å². The highest BCUT2D eigenvalue weighted by Crippen LogP contribution is 2.49. The van der Waals surface area contributed by atoms with Crippen molar-refractivity contribution < 1.29 is 14.7 Å². The van der Waals surface area contributed by atoms with Gasteiger partial charge in [-0.15, -0.1) is 0 Å². The van der Waals surface area contributed by atoms with Crippen molar-refractivity contribution in [2.45, 2.75) is 43.8 Å². The molecule has 8 heteroatoms. The predicted molar refractivity (Wildman–Crippen MR) is 125 cm³/mol. The fourth-order valence-corrected chi connectivity index (χ4v) is 5.56. The van der Waals surface area contributed by atoms with E-state index in [1.54, 1.807) is 23.1 Å². The van der Waals surface area contributed by atoms with Crippen molar-refractivity contribution in [1.29, 1.82) is 0 Å². The van der Waals surface area contributed by atoms with Crippen molar-refractivity contribution in [2.75, 3.05) is 13.1 Å². The Morgan fingerprint density at radius 1 is 1.21 bits per heavy atom. The summed E-state index contributed by atoms with van der Waals surface area (Å²) in [6.45, 7) is 2.78. The molecule has 3 aromatic rings. The third-order valence-electron chi connectivity index (χ3n) is 7.16. The highest BCUT2D eigenvalue weighted by molar-refractivity contribution is 6.31. The van der Waals surface area contributed by atoms with Gasteiger partial charge < -0.3 is 15.4 Å². The molecule has 6 rings (SSSR count). The molecule has 2 aromatic carbocycles. The molecule has 3 N–H and O–H groups in total. The number of carbonyl (C=O) groups excluding carboxylic acids is 2. The third-order valence-corrected chi connectivity index (χ3v) is 7.40. The maximum atomic E-state index is 13.7. The van der Waals surface area contributed by atoms with Crippen LogP contribution in [0.3, 0.4) is 0 Å². The van der Waals surface area contributed by atoms with Crippen LogP contribution in [-0.4, -0.2) is 56.5 Å². The average Bonchev–Trinajstić information content (AvgIpc) is 3.52. The molecule has 33 heavy (non-hydrogen) atoms. The number of carbonyl (C=O) groups is 2. The van der Waals surface area contributed by atoms with Gasteiger partial charge in [-0.3, -0.25) is 14.6 Å². The van der Waals surface area contributed by atoms with Crippen molar-refractivity contribution >= 4 is 34.4 Å². The molecule has 3 heterocycles. The van der Waals surface area contributed by atoms with Crippen LogP contribution in [0.25, 0.3) is 10.9 Å². The SMILES string of the molecule is CC12Cc3c([nH]c4ccc(Cl)cc34)C(c3cccc(O)c3)N1C(=O)N(CCNC1CC1)C2=O. The number of rotatable bonds is 5. The number of phenols is 1. The number of imide groups is 1. The van der Waals surface area contributed by atoms with Crippen molar-refractivity contribution in [3.05, 3.63) is 64.3 Å². The Morgan fingerprint density at radius 3 is 2.79 bits per heavy atom. The predicted octanol–water partition coefficient (Wildman–Crippen LogP) is 3.95. The number of amides is 3. The van der Waals surface area contributed by atoms with Gasteiger partial charge in [-0.05, 0) is 61.2 Å². The number of halogens is 1. The molecule has 1 aliphatic carbocycles. The normalized spacial score (nSPS) is 24.5. The monoisotopic (exact) mass is 464 g/mol. The zero-order valence-electron chi connectivity index (χ0n) is 18.3. The van der Waals surface area contributed by atoms with Crippen molar-refractivity contribution in [3.63, 3.8) is 0 Å². The highest BCUT2D eigenvalue weighted by Gasteiger charge is 2.60. The number of benzene rings is 2. The maximum absolute atomic E-state index is 13.7. The summed E-state index contributed by atoms with van der Waals surface area (Å²) < 4.78 is 0. The van der Waals surface area contributed by atoms with Gasteiger partial charge in [-0.2, -0.15) is 0 Å². The Morgan fingerprint density at radius 2 is 2.03 bits per heavy atom. The number of phenolic OH excluding ortho intramolecular Hbond substituents is 1. The number of aromatic nitrogens is 1. The lowest BCUT2D eigenvalue weighted by Crippen LogP contribution is -2.53. The summed E-state index contributed by atoms with van der Waals surface area (Å²) in [5.74, 6) is -0.0683. The molecular formula is C25H25ClN4O3. The van der Waals surface area contributed by atoms with Crippen LogP contribution in [0.2, 0.25) is 5.02 Å². The standard InChI is InChI=1S/C25H25ClN4O3/c1-25-13-19-18-12-15(26)5-8-20(18)28-21(19)22(14-3-2-4-17(31)11-14)30(25)24(33)29(23(25)32)10-9-27-16-6-7-16/h2-5,8,11-12,16,22,27-28,31H,6-7,9-10,13H2,1H3. The minimum atomic E-state index is -1.03. The van der Waals surface area contributed by atoms with Gasteiger partial charge in [0.2, 0.25) is 0 Å². The van der Waals surface area contributed by atoms with E-state index in [4.69, 9.17) is 11.6 Å². The lowest BCUT2D eigenvalue weighted by molar-refractivity contribution is -0.133. The second kappa shape index (κ2) is 7.23. The molecule has 0 spiro atoms. The average molecular weight is 465 g/mol. The largest absolute Gasteiger partial charge is 0.508 e. The maximum Gasteiger partial charge on any atom is 0.328 e. The molecule has 1 saturated carbocycles. The minimum absolute atomic E-state index is 0.115. The number of aromatic amines is 1. The first kappa shape index (κ1) is 20.6. The summed E-state index contributed by atoms with van der Waals surface area (Å²) in [7, 11) is 0. The number of aromatic hydroxyl groups is 1. The molecule has 2 unspecified atom stereocenters. The van der Waals surface area contributed by atoms with Gasteiger partial charge in [-0.25, -0.2) is 4.79 Å². The molecule has 2 atom stereocenters. The number of fused-ring (bicyclic) bond motifs is 4. The molecule has 0 bridgehead atoms. The first-order chi connectivity index (χ1) is 15.9. The van der Waals surface area contributed by atoms with Gasteiger partial charge in [0.15, 0.2) is 0 Å². The highest BCUT2D eigenvalue weighted by atomic mass is 35.5. The molecule has 7 nitrogen and oxygen atoms in total. The van der Waals surface area contributed by atoms with Crippen molar-refractivity contribution in [1.82, 2.24) is 20.1 Å². The molecule has 3 amide bonds. The number of hydrogen-bond acceptors (Lipinski definition) is 4. The van der Waals surface area contributed by atoms with E-state index in [0.29, 0.717) is 30.6 Å². The van der Waals surface area contributed by atoms with E-state index >= 15 is 0 Å². The van der Waals surface area contributed by atoms with E-state index in [1.807, 2.05) is 31.2 Å². The van der Waals surface area contributed by atoms with Crippen LogP contribution < -0.4 is 5.32 Å². The van der Waals surface area contributed by atoms with Gasteiger partial charge in [0, 0.05) is 47.2 Å². The van der Waals surface area contributed by atoms with Gasteiger partial charge in [0.25, 0.3) is 5.91 Å². The first-order valence-electron chi connectivity index (χ1n) is 11.3. The molecular weight excluding hydrogens is 440 g/mol. The fourth-order valence-electron chi connectivity index (χ4n) is 5.39. The van der Waals surface area contributed by atoms with Crippen LogP contribution in [0.1, 0.15) is 42.6 Å². The quantitative estimate of drug-likeness (QED) is 0.499. The summed E-state index contributed by atoms with van der Waals surface area (Å²) in [6, 6.07) is 12.2. The zero-order chi connectivity index (χ0) is 22.9. The van der Waals surface area contributed by atoms with E-state index in [9.17, 15) is 14.7 Å². The fraction of sp³-hybridized carbons (Fsp3) is 0.360. The number of nitrogens with one attached hydrogen (secondary N) is 2. The third kappa shape index (κ3) is 3.14. The van der Waals surface area contributed by atoms with Crippen LogP contribution in [-0.2, 0) is 11.2 Å². The lowest BCUT2D eigenvalue weighted by atomic mass is 9.81. The molecule has 2 aliphatic heterocycles. The number of nitrogens with zero attached hydrogens (tertiary/aromatic N) is 2. The first-order valence-corrected chi connectivity index (χ1v) is 11.7. The van der Waals surface area contributed by atoms with Gasteiger partial charge in [-0.1, -0.05) is 23.7 Å². The van der Waals surface area contributed by atoms with Crippen molar-refractivity contribution in [3.8, 4) is 5.75 Å². The number of H-pyrrole nitrogens is 1. The van der Waals surface area contributed by atoms with Crippen LogP contribution >= 0.6 is 11.6 Å². The van der Waals surface area contributed by atoms with E-state index < -0.39 is 11.6 Å². The van der Waals surface area contributed by atoms with Crippen LogP contribution in [0, 0.1) is 0 Å². The molecule has 3 aliphatic rings. The second-order valence-corrected chi connectivity index (χ2v) is 9.93. The van der Waals surface area contributed by atoms with Gasteiger partial charge in [0.1, 0.15) is 17.3 Å². The zero-order valence-corrected chi connectivity index (χ0v) is 19.0. The van der Waals surface area contributed by atoms with Gasteiger partial charge >= 0.3 is 6.03 Å². The van der Waals surface area contributed by atoms with E-state index in [1.165, 1.54) is 4.90 Å². The molecule has 1 aromatic heterocycles. The summed E-state index contributed by atoms with van der Waals surface area (Å²) >= 11 is 6.31. The van der Waals surface area contributed by atoms with Crippen LogP contribution in [0.5, 0.6) is 5.75 Å². The molecule has 0 radical (unpaired) electrons. The number of hydrogen-bond donors (Lipinski definition) is 3. The topological polar surface area (TPSA) is 88.7 Å². The molecule has 1 saturated heterocycles. The van der Waals surface area contributed by atoms with Crippen molar-refractivity contribution in [2.24, 2.45) is 0 Å². The molecule has 2 fully saturated rings. The lowest BCUT2D eigenvalue weighted by Gasteiger charge is -2.42. The Labute approximate surface area is 196 Å².